The maximum absolute atomic E-state index is 12.5. The number of rotatable bonds is 4. The van der Waals surface area contributed by atoms with Gasteiger partial charge in [-0.1, -0.05) is 43.2 Å². The summed E-state index contributed by atoms with van der Waals surface area (Å²) in [6.07, 6.45) is 4.94. The molecule has 2 nitrogen and oxygen atoms in total. The Morgan fingerprint density at radius 2 is 1.90 bits per heavy atom. The van der Waals surface area contributed by atoms with E-state index >= 15 is 0 Å². The Balaban J connectivity index is 1.82. The van der Waals surface area contributed by atoms with E-state index in [4.69, 9.17) is 0 Å². The molecule has 1 heterocycles. The first-order chi connectivity index (χ1) is 10.3. The largest absolute Gasteiger partial charge is 0.344 e. The summed E-state index contributed by atoms with van der Waals surface area (Å²) >= 11 is 4.92. The van der Waals surface area contributed by atoms with Crippen molar-refractivity contribution in [3.63, 3.8) is 0 Å². The third-order valence-electron chi connectivity index (χ3n) is 4.14. The Bertz CT molecular complexity index is 604. The summed E-state index contributed by atoms with van der Waals surface area (Å²) in [5.41, 5.74) is 1.21. The first kappa shape index (κ1) is 14.8. The van der Waals surface area contributed by atoms with Gasteiger partial charge < -0.3 is 5.32 Å². The number of amides is 1. The van der Waals surface area contributed by atoms with Crippen molar-refractivity contribution in [3.8, 4) is 0 Å². The lowest BCUT2D eigenvalue weighted by Gasteiger charge is -2.25. The van der Waals surface area contributed by atoms with E-state index < -0.39 is 0 Å². The molecule has 0 spiro atoms. The van der Waals surface area contributed by atoms with Crippen molar-refractivity contribution in [1.29, 1.82) is 0 Å². The molecule has 1 aliphatic rings. The lowest BCUT2D eigenvalue weighted by Crippen LogP contribution is -2.32. The molecular weight excluding hydrogens is 346 g/mol. The first-order valence-electron chi connectivity index (χ1n) is 7.34. The van der Waals surface area contributed by atoms with Crippen LogP contribution >= 0.6 is 27.3 Å². The number of halogens is 1. The molecule has 1 N–H and O–H groups in total. The van der Waals surface area contributed by atoms with Gasteiger partial charge in [-0.15, -0.1) is 11.3 Å². The second-order valence-corrected chi connectivity index (χ2v) is 7.27. The van der Waals surface area contributed by atoms with Crippen molar-refractivity contribution >= 4 is 33.2 Å². The Morgan fingerprint density at radius 1 is 1.19 bits per heavy atom. The van der Waals surface area contributed by atoms with Crippen molar-refractivity contribution < 1.29 is 4.79 Å². The second kappa shape index (κ2) is 6.75. The molecule has 1 aromatic heterocycles. The van der Waals surface area contributed by atoms with E-state index in [1.165, 1.54) is 42.6 Å². The normalized spacial score (nSPS) is 16.8. The van der Waals surface area contributed by atoms with Gasteiger partial charge in [-0.05, 0) is 51.7 Å². The van der Waals surface area contributed by atoms with Gasteiger partial charge in [-0.2, -0.15) is 0 Å². The van der Waals surface area contributed by atoms with E-state index in [9.17, 15) is 4.79 Å². The number of hydrogen-bond donors (Lipinski definition) is 1. The Morgan fingerprint density at radius 3 is 2.52 bits per heavy atom. The minimum atomic E-state index is 0.0256. The number of benzene rings is 1. The molecule has 4 heteroatoms. The predicted molar refractivity (Wildman–Crippen MR) is 90.6 cm³/mol. The fourth-order valence-corrected chi connectivity index (χ4v) is 4.54. The third-order valence-corrected chi connectivity index (χ3v) is 5.98. The highest BCUT2D eigenvalue weighted by molar-refractivity contribution is 9.10. The molecule has 1 atom stereocenters. The fraction of sp³-hybridized carbons (Fsp3) is 0.353. The topological polar surface area (TPSA) is 29.1 Å². The van der Waals surface area contributed by atoms with E-state index in [-0.39, 0.29) is 11.9 Å². The molecule has 21 heavy (non-hydrogen) atoms. The van der Waals surface area contributed by atoms with Crippen LogP contribution in [0.1, 0.15) is 47.0 Å². The summed E-state index contributed by atoms with van der Waals surface area (Å²) in [6, 6.07) is 12.4. The van der Waals surface area contributed by atoms with Crippen molar-refractivity contribution in [1.82, 2.24) is 5.32 Å². The number of carbonyl (C=O) groups is 1. The van der Waals surface area contributed by atoms with Crippen LogP contribution in [0, 0.1) is 5.92 Å². The Kier molecular flexibility index (Phi) is 4.76. The van der Waals surface area contributed by atoms with Crippen LogP contribution in [0.5, 0.6) is 0 Å². The van der Waals surface area contributed by atoms with E-state index in [1.807, 2.05) is 29.6 Å². The number of carbonyl (C=O) groups excluding carboxylic acids is 1. The van der Waals surface area contributed by atoms with Crippen LogP contribution in [0.15, 0.2) is 46.3 Å². The van der Waals surface area contributed by atoms with Crippen molar-refractivity contribution in [2.24, 2.45) is 5.92 Å². The summed E-state index contributed by atoms with van der Waals surface area (Å²) in [5.74, 6) is 0.577. The van der Waals surface area contributed by atoms with Gasteiger partial charge in [0.2, 0.25) is 0 Å². The summed E-state index contributed by atoms with van der Waals surface area (Å²) in [6.45, 7) is 0. The lowest BCUT2D eigenvalue weighted by atomic mass is 9.91. The zero-order valence-corrected chi connectivity index (χ0v) is 14.1. The van der Waals surface area contributed by atoms with Crippen molar-refractivity contribution in [2.45, 2.75) is 31.7 Å². The average molecular weight is 364 g/mol. The maximum atomic E-state index is 12.5. The summed E-state index contributed by atoms with van der Waals surface area (Å²) < 4.78 is 0.878. The Hall–Kier alpha value is -1.13. The van der Waals surface area contributed by atoms with Crippen LogP contribution in [-0.4, -0.2) is 5.91 Å². The van der Waals surface area contributed by atoms with Gasteiger partial charge >= 0.3 is 0 Å². The lowest BCUT2D eigenvalue weighted by molar-refractivity contribution is 0.0925. The monoisotopic (exact) mass is 363 g/mol. The first-order valence-corrected chi connectivity index (χ1v) is 9.02. The number of hydrogen-bond acceptors (Lipinski definition) is 2. The maximum Gasteiger partial charge on any atom is 0.263 e. The second-order valence-electron chi connectivity index (χ2n) is 5.50. The highest BCUT2D eigenvalue weighted by Gasteiger charge is 2.28. The molecular formula is C17H18BrNOS. The summed E-state index contributed by atoms with van der Waals surface area (Å²) in [5, 5.41) is 5.20. The van der Waals surface area contributed by atoms with Gasteiger partial charge in [0.15, 0.2) is 0 Å². The predicted octanol–water partition coefficient (Wildman–Crippen LogP) is 5.17. The van der Waals surface area contributed by atoms with Gasteiger partial charge in [-0.25, -0.2) is 0 Å². The van der Waals surface area contributed by atoms with Crippen molar-refractivity contribution in [2.75, 3.05) is 0 Å². The van der Waals surface area contributed by atoms with Gasteiger partial charge in [0, 0.05) is 4.47 Å². The quantitative estimate of drug-likeness (QED) is 0.797. The van der Waals surface area contributed by atoms with E-state index in [2.05, 4.69) is 33.4 Å². The molecule has 1 saturated carbocycles. The Labute approximate surface area is 137 Å². The minimum Gasteiger partial charge on any atom is -0.344 e. The highest BCUT2D eigenvalue weighted by Crippen LogP contribution is 2.36. The van der Waals surface area contributed by atoms with Crippen LogP contribution in [0.4, 0.5) is 0 Å². The molecule has 0 aliphatic heterocycles. The molecule has 0 bridgehead atoms. The fourth-order valence-electron chi connectivity index (χ4n) is 3.09. The summed E-state index contributed by atoms with van der Waals surface area (Å²) in [7, 11) is 0. The van der Waals surface area contributed by atoms with Crippen LogP contribution in [0.3, 0.4) is 0 Å². The number of thiophene rings is 1. The average Bonchev–Trinajstić information content (AvgIpc) is 3.17. The van der Waals surface area contributed by atoms with Crippen LogP contribution < -0.4 is 5.32 Å². The third kappa shape index (κ3) is 3.38. The molecule has 1 amide bonds. The van der Waals surface area contributed by atoms with Crippen LogP contribution in [0.2, 0.25) is 0 Å². The molecule has 0 saturated heterocycles. The molecule has 110 valence electrons. The summed E-state index contributed by atoms with van der Waals surface area (Å²) in [4.78, 5) is 13.3. The molecule has 1 aromatic carbocycles. The minimum absolute atomic E-state index is 0.0256. The van der Waals surface area contributed by atoms with Crippen LogP contribution in [-0.2, 0) is 0 Å². The smallest absolute Gasteiger partial charge is 0.263 e. The highest BCUT2D eigenvalue weighted by atomic mass is 79.9. The zero-order valence-electron chi connectivity index (χ0n) is 11.7. The zero-order chi connectivity index (χ0) is 14.7. The molecule has 1 fully saturated rings. The molecule has 3 rings (SSSR count). The molecule has 1 aliphatic carbocycles. The van der Waals surface area contributed by atoms with E-state index in [0.717, 1.165) is 9.35 Å². The standard InChI is InChI=1S/C17H18BrNOS/c18-14-10-11-21-16(14)17(20)19-15(13-8-4-5-9-13)12-6-2-1-3-7-12/h1-3,6-7,10-11,13,15H,4-5,8-9H2,(H,19,20). The molecule has 2 aromatic rings. The molecule has 0 radical (unpaired) electrons. The van der Waals surface area contributed by atoms with Gasteiger partial charge in [0.25, 0.3) is 5.91 Å². The van der Waals surface area contributed by atoms with E-state index in [0.29, 0.717) is 5.92 Å². The van der Waals surface area contributed by atoms with Gasteiger partial charge in [-0.3, -0.25) is 4.79 Å². The van der Waals surface area contributed by atoms with Gasteiger partial charge in [0.05, 0.1) is 6.04 Å². The van der Waals surface area contributed by atoms with Crippen LogP contribution in [0.25, 0.3) is 0 Å². The van der Waals surface area contributed by atoms with Gasteiger partial charge in [0.1, 0.15) is 4.88 Å². The SMILES string of the molecule is O=C(NC(c1ccccc1)C1CCCC1)c1sccc1Br. The van der Waals surface area contributed by atoms with Crippen molar-refractivity contribution in [3.05, 3.63) is 56.7 Å². The number of nitrogens with one attached hydrogen (secondary N) is 1. The molecule has 1 unspecified atom stereocenters. The van der Waals surface area contributed by atoms with E-state index in [1.54, 1.807) is 0 Å².